The zero-order valence-electron chi connectivity index (χ0n) is 31.6. The molecule has 11 nitrogen and oxygen atoms in total. The molecule has 0 unspecified atom stereocenters. The highest BCUT2D eigenvalue weighted by Crippen LogP contribution is 2.49. The lowest BCUT2D eigenvalue weighted by Crippen LogP contribution is -2.20. The van der Waals surface area contributed by atoms with Gasteiger partial charge in [-0.1, -0.05) is 63.3 Å². The molecule has 292 valence electrons. The minimum Gasteiger partial charge on any atom is -0.505 e. The number of thiazole rings is 2. The number of benzene rings is 5. The number of hydrogen-bond acceptors (Lipinski definition) is 14. The van der Waals surface area contributed by atoms with Crippen molar-refractivity contribution < 1.29 is 15.3 Å². The number of phenols is 3. The Bertz CT molecular complexity index is 2760. The van der Waals surface area contributed by atoms with Crippen LogP contribution in [-0.4, -0.2) is 52.7 Å². The van der Waals surface area contributed by atoms with Crippen molar-refractivity contribution in [3.8, 4) is 50.9 Å². The quantitative estimate of drug-likeness (QED) is 0.0663. The molecule has 14 heteroatoms. The number of aromatic hydroxyl groups is 3. The summed E-state index contributed by atoms with van der Waals surface area (Å²) in [6, 6.07) is 26.8. The first kappa shape index (κ1) is 37.6. The van der Waals surface area contributed by atoms with Gasteiger partial charge in [0, 0.05) is 39.5 Å². The number of nitrogens with one attached hydrogen (secondary N) is 2. The smallest absolute Gasteiger partial charge is 0.232 e. The van der Waals surface area contributed by atoms with Gasteiger partial charge in [-0.2, -0.15) is 15.0 Å². The fourth-order valence-corrected chi connectivity index (χ4v) is 9.78. The van der Waals surface area contributed by atoms with Crippen molar-refractivity contribution in [1.29, 1.82) is 0 Å². The maximum absolute atomic E-state index is 11.9. The summed E-state index contributed by atoms with van der Waals surface area (Å²) in [4.78, 5) is 26.6. The summed E-state index contributed by atoms with van der Waals surface area (Å²) in [5.74, 6) is 1.83. The Morgan fingerprint density at radius 3 is 2.07 bits per heavy atom. The molecule has 8 aromatic rings. The summed E-state index contributed by atoms with van der Waals surface area (Å²) in [5.41, 5.74) is 9.63. The summed E-state index contributed by atoms with van der Waals surface area (Å²) in [6.07, 6.45) is 7.19. The van der Waals surface area contributed by atoms with Crippen LogP contribution < -0.4 is 15.5 Å². The molecule has 0 saturated carbocycles. The van der Waals surface area contributed by atoms with Gasteiger partial charge in [0.1, 0.15) is 16.8 Å². The molecular weight excluding hydrogens is 785 g/mol. The van der Waals surface area contributed by atoms with E-state index in [0.29, 0.717) is 44.8 Å². The van der Waals surface area contributed by atoms with Gasteiger partial charge in [-0.3, -0.25) is 0 Å². The monoisotopic (exact) mass is 824 g/mol. The molecule has 9 rings (SSSR count). The number of thioether (sulfide) groups is 1. The number of hydrogen-bond donors (Lipinski definition) is 5. The molecule has 0 aliphatic carbocycles. The zero-order valence-corrected chi connectivity index (χ0v) is 34.1. The number of nitrogens with zero attached hydrogens (tertiary/aromatic N) is 6. The van der Waals surface area contributed by atoms with Gasteiger partial charge in [-0.05, 0) is 72.6 Å². The Hall–Kier alpha value is -5.96. The summed E-state index contributed by atoms with van der Waals surface area (Å²) < 4.78 is 1.74. The highest BCUT2D eigenvalue weighted by atomic mass is 32.2. The Balaban J connectivity index is 1.12. The van der Waals surface area contributed by atoms with E-state index in [1.165, 1.54) is 48.4 Å². The van der Waals surface area contributed by atoms with Crippen LogP contribution in [0.2, 0.25) is 0 Å². The van der Waals surface area contributed by atoms with E-state index in [2.05, 4.69) is 32.4 Å². The minimum atomic E-state index is 0.0346. The van der Waals surface area contributed by atoms with Gasteiger partial charge in [0.15, 0.2) is 17.3 Å². The fraction of sp³-hybridized carbons (Fsp3) is 0.205. The lowest BCUT2D eigenvalue weighted by Gasteiger charge is -2.20. The Labute approximate surface area is 347 Å². The number of rotatable bonds is 14. The van der Waals surface area contributed by atoms with Crippen molar-refractivity contribution >= 4 is 83.8 Å². The summed E-state index contributed by atoms with van der Waals surface area (Å²) >= 11 is 4.64. The maximum atomic E-state index is 11.9. The van der Waals surface area contributed by atoms with Crippen LogP contribution in [0.5, 0.6) is 17.2 Å². The maximum Gasteiger partial charge on any atom is 0.232 e. The van der Waals surface area contributed by atoms with E-state index in [0.717, 1.165) is 56.5 Å². The summed E-state index contributed by atoms with van der Waals surface area (Å²) in [5, 5.41) is 41.6. The first-order valence-electron chi connectivity index (χ1n) is 19.3. The third-order valence-corrected chi connectivity index (χ3v) is 13.0. The number of aromatic nitrogens is 5. The van der Waals surface area contributed by atoms with Crippen LogP contribution in [0.4, 0.5) is 29.0 Å². The van der Waals surface area contributed by atoms with E-state index in [1.807, 2.05) is 84.9 Å². The third-order valence-electron chi connectivity index (χ3n) is 10.3. The Morgan fingerprint density at radius 1 is 0.638 bits per heavy atom. The normalized spacial score (nSPS) is 12.4. The second kappa shape index (κ2) is 16.5. The molecule has 58 heavy (non-hydrogen) atoms. The van der Waals surface area contributed by atoms with Gasteiger partial charge in [0.25, 0.3) is 0 Å². The molecule has 0 atom stereocenters. The van der Waals surface area contributed by atoms with E-state index in [9.17, 15) is 15.3 Å². The Kier molecular flexibility index (Phi) is 10.7. The number of anilines is 5. The van der Waals surface area contributed by atoms with E-state index >= 15 is 0 Å². The average molecular weight is 825 g/mol. The van der Waals surface area contributed by atoms with Crippen molar-refractivity contribution in [2.75, 3.05) is 28.0 Å². The van der Waals surface area contributed by atoms with Gasteiger partial charge in [0.05, 0.1) is 37.5 Å². The van der Waals surface area contributed by atoms with Gasteiger partial charge >= 0.3 is 0 Å². The molecule has 4 heterocycles. The first-order valence-corrected chi connectivity index (χ1v) is 22.0. The third kappa shape index (κ3) is 7.46. The fourth-order valence-electron chi connectivity index (χ4n) is 7.34. The molecule has 0 bridgehead atoms. The molecule has 0 saturated heterocycles. The van der Waals surface area contributed by atoms with Crippen LogP contribution >= 0.6 is 34.4 Å². The molecule has 0 amide bonds. The largest absolute Gasteiger partial charge is 0.505 e. The second-order valence-corrected chi connectivity index (χ2v) is 16.9. The van der Waals surface area contributed by atoms with E-state index in [-0.39, 0.29) is 29.1 Å². The molecule has 1 aliphatic rings. The van der Waals surface area contributed by atoms with Gasteiger partial charge in [0.2, 0.25) is 11.9 Å². The predicted octanol–water partition coefficient (Wildman–Crippen LogP) is 11.9. The van der Waals surface area contributed by atoms with Gasteiger partial charge < -0.3 is 30.9 Å². The van der Waals surface area contributed by atoms with Crippen molar-refractivity contribution in [2.45, 2.75) is 50.3 Å². The lowest BCUT2D eigenvalue weighted by molar-refractivity contribution is 0.474. The van der Waals surface area contributed by atoms with Crippen LogP contribution in [0.1, 0.15) is 45.4 Å². The number of fused-ring (bicyclic) bond motifs is 3. The van der Waals surface area contributed by atoms with Crippen LogP contribution in [0.15, 0.2) is 101 Å². The number of unbranched alkanes of at least 4 members (excludes halogenated alkanes) is 5. The van der Waals surface area contributed by atoms with Crippen LogP contribution in [-0.2, 0) is 0 Å². The van der Waals surface area contributed by atoms with Crippen molar-refractivity contribution in [3.63, 3.8) is 0 Å². The highest BCUT2D eigenvalue weighted by molar-refractivity contribution is 7.99. The molecule has 1 aliphatic heterocycles. The predicted molar refractivity (Wildman–Crippen MR) is 238 cm³/mol. The summed E-state index contributed by atoms with van der Waals surface area (Å²) in [6.45, 7) is 3.09. The van der Waals surface area contributed by atoms with Crippen LogP contribution in [0, 0.1) is 0 Å². The van der Waals surface area contributed by atoms with E-state index < -0.39 is 0 Å². The summed E-state index contributed by atoms with van der Waals surface area (Å²) in [7, 11) is 0. The minimum absolute atomic E-state index is 0.0346. The van der Waals surface area contributed by atoms with Crippen molar-refractivity contribution in [3.05, 3.63) is 96.0 Å². The molecule has 0 spiro atoms. The molecule has 5 N–H and O–H groups in total. The van der Waals surface area contributed by atoms with E-state index in [1.54, 1.807) is 22.8 Å². The number of phenolic OH excluding ortho intramolecular Hbond substituents is 3. The zero-order chi connectivity index (χ0) is 39.6. The topological polar surface area (TPSA) is 152 Å². The molecule has 3 aromatic heterocycles. The van der Waals surface area contributed by atoms with Gasteiger partial charge in [-0.15, -0.1) is 34.4 Å². The van der Waals surface area contributed by atoms with Gasteiger partial charge in [-0.25, -0.2) is 9.97 Å². The lowest BCUT2D eigenvalue weighted by atomic mass is 9.96. The highest BCUT2D eigenvalue weighted by Gasteiger charge is 2.27. The van der Waals surface area contributed by atoms with Crippen LogP contribution in [0.25, 0.3) is 54.1 Å². The van der Waals surface area contributed by atoms with Crippen molar-refractivity contribution in [2.24, 2.45) is 0 Å². The van der Waals surface area contributed by atoms with Crippen LogP contribution in [0.3, 0.4) is 0 Å². The number of para-hydroxylation sites is 1. The van der Waals surface area contributed by atoms with E-state index in [4.69, 9.17) is 15.0 Å². The molecule has 0 radical (unpaired) electrons. The Morgan fingerprint density at radius 2 is 1.31 bits per heavy atom. The molecule has 5 aromatic carbocycles. The van der Waals surface area contributed by atoms with Crippen molar-refractivity contribution in [1.82, 2.24) is 24.9 Å². The first-order chi connectivity index (χ1) is 28.4. The average Bonchev–Trinajstić information content (AvgIpc) is 4.02. The second-order valence-electron chi connectivity index (χ2n) is 14.1. The molecule has 0 fully saturated rings. The SMILES string of the molecule is CCCCCCCCN1CSc2ccc(-c3nc(Nc4ccccc4)nc(Nc4ccc(-c5ccc6scnc6c5O)cc4-c4ccc5scnc5c4O)n3)c(O)c21. The molecular formula is C44H40N8O3S3. The standard InChI is InChI=1S/C44H40N8O3S3/c1-2-3-4-5-6-10-21-52-25-58-35-20-16-30(41(55)38(35)52)42-49-43(47-27-11-8-7-9-12-27)51-44(50-42)48-32-17-13-26(28-14-18-33-36(39(28)53)45-23-56-33)22-31(32)29-15-19-34-37(40(29)54)46-24-57-34/h7-9,11-20,22-24,53-55H,2-6,10,21,25H2,1H3,(H2,47,48,49,50,51).